The summed E-state index contributed by atoms with van der Waals surface area (Å²) in [5.41, 5.74) is 5.33. The Bertz CT molecular complexity index is 42.7. The van der Waals surface area contributed by atoms with E-state index in [2.05, 4.69) is 4.74 Å². The summed E-state index contributed by atoms with van der Waals surface area (Å²) in [6, 6.07) is -0.00772. The zero-order valence-corrected chi connectivity index (χ0v) is 5.11. The molecule has 0 aromatic rings. The molecule has 0 aromatic carbocycles. The van der Waals surface area contributed by atoms with Crippen LogP contribution in [0, 0.1) is 0 Å². The van der Waals surface area contributed by atoms with Gasteiger partial charge in [-0.1, -0.05) is 0 Å². The number of alkyl halides is 1. The summed E-state index contributed by atoms with van der Waals surface area (Å²) in [4.78, 5) is 0. The molecule has 0 heterocycles. The van der Waals surface area contributed by atoms with Crippen molar-refractivity contribution in [2.24, 2.45) is 5.73 Å². The molecule has 2 nitrogen and oxygen atoms in total. The van der Waals surface area contributed by atoms with E-state index >= 15 is 0 Å². The molecule has 0 rings (SSSR count). The summed E-state index contributed by atoms with van der Waals surface area (Å²) in [7, 11) is 1.60. The third-order valence-electron chi connectivity index (χ3n) is 0.579. The SMILES string of the molecule is COCC(N)CCl. The average molecular weight is 124 g/mol. The van der Waals surface area contributed by atoms with Crippen LogP contribution in [0.5, 0.6) is 0 Å². The predicted octanol–water partition coefficient (Wildman–Crippen LogP) is 0.199. The molecule has 3 heteroatoms. The monoisotopic (exact) mass is 123 g/mol. The Kier molecular flexibility index (Phi) is 4.50. The lowest BCUT2D eigenvalue weighted by atomic mass is 10.4. The van der Waals surface area contributed by atoms with Gasteiger partial charge in [0.15, 0.2) is 0 Å². The predicted molar refractivity (Wildman–Crippen MR) is 30.6 cm³/mol. The molecule has 0 aliphatic rings. The first kappa shape index (κ1) is 7.21. The summed E-state index contributed by atoms with van der Waals surface area (Å²) in [5, 5.41) is 0. The first-order valence-electron chi connectivity index (χ1n) is 2.11. The van der Waals surface area contributed by atoms with Crippen LogP contribution in [-0.4, -0.2) is 25.6 Å². The van der Waals surface area contributed by atoms with Gasteiger partial charge in [-0.25, -0.2) is 0 Å². The highest BCUT2D eigenvalue weighted by Crippen LogP contribution is 1.81. The van der Waals surface area contributed by atoms with Gasteiger partial charge in [0.25, 0.3) is 0 Å². The first-order valence-corrected chi connectivity index (χ1v) is 2.65. The molecule has 0 fully saturated rings. The van der Waals surface area contributed by atoms with Gasteiger partial charge in [-0.2, -0.15) is 0 Å². The fourth-order valence-electron chi connectivity index (χ4n) is 0.259. The van der Waals surface area contributed by atoms with Crippen LogP contribution in [0.1, 0.15) is 0 Å². The highest BCUT2D eigenvalue weighted by Gasteiger charge is 1.95. The Balaban J connectivity index is 2.83. The minimum atomic E-state index is -0.00772. The summed E-state index contributed by atoms with van der Waals surface area (Å²) in [5.74, 6) is 0.466. The number of halogens is 1. The second kappa shape index (κ2) is 4.37. The summed E-state index contributed by atoms with van der Waals surface area (Å²) < 4.78 is 4.69. The molecular weight excluding hydrogens is 114 g/mol. The molecule has 0 aliphatic heterocycles. The van der Waals surface area contributed by atoms with Crippen molar-refractivity contribution in [1.29, 1.82) is 0 Å². The van der Waals surface area contributed by atoms with Gasteiger partial charge in [-0.05, 0) is 0 Å². The number of rotatable bonds is 3. The summed E-state index contributed by atoms with van der Waals surface area (Å²) >= 11 is 5.33. The molecule has 0 aromatic heterocycles. The van der Waals surface area contributed by atoms with E-state index in [1.54, 1.807) is 7.11 Å². The maximum atomic E-state index is 5.33. The molecule has 0 radical (unpaired) electrons. The second-order valence-electron chi connectivity index (χ2n) is 1.37. The molecule has 0 saturated carbocycles. The molecule has 0 spiro atoms. The van der Waals surface area contributed by atoms with Gasteiger partial charge in [0.2, 0.25) is 0 Å². The molecular formula is C4H10ClNO. The van der Waals surface area contributed by atoms with E-state index in [-0.39, 0.29) is 6.04 Å². The Morgan fingerprint density at radius 1 is 1.86 bits per heavy atom. The molecule has 1 unspecified atom stereocenters. The fourth-order valence-corrected chi connectivity index (χ4v) is 0.348. The Morgan fingerprint density at radius 2 is 2.43 bits per heavy atom. The van der Waals surface area contributed by atoms with E-state index in [1.165, 1.54) is 0 Å². The topological polar surface area (TPSA) is 35.2 Å². The average Bonchev–Trinajstić information content (AvgIpc) is 1.68. The lowest BCUT2D eigenvalue weighted by Crippen LogP contribution is -2.26. The van der Waals surface area contributed by atoms with E-state index in [9.17, 15) is 0 Å². The molecule has 2 N–H and O–H groups in total. The zero-order valence-electron chi connectivity index (χ0n) is 4.36. The van der Waals surface area contributed by atoms with Gasteiger partial charge >= 0.3 is 0 Å². The van der Waals surface area contributed by atoms with Gasteiger partial charge in [-0.15, -0.1) is 11.6 Å². The smallest absolute Gasteiger partial charge is 0.0625 e. The molecule has 0 aliphatic carbocycles. The Morgan fingerprint density at radius 3 is 2.57 bits per heavy atom. The van der Waals surface area contributed by atoms with Crippen molar-refractivity contribution < 1.29 is 4.74 Å². The summed E-state index contributed by atoms with van der Waals surface area (Å²) in [6.07, 6.45) is 0. The molecule has 0 saturated heterocycles. The highest BCUT2D eigenvalue weighted by atomic mass is 35.5. The van der Waals surface area contributed by atoms with Crippen LogP contribution in [0.3, 0.4) is 0 Å². The van der Waals surface area contributed by atoms with E-state index in [4.69, 9.17) is 17.3 Å². The fraction of sp³-hybridized carbons (Fsp3) is 1.00. The van der Waals surface area contributed by atoms with E-state index in [0.29, 0.717) is 12.5 Å². The zero-order chi connectivity index (χ0) is 5.70. The van der Waals surface area contributed by atoms with Crippen molar-refractivity contribution in [3.63, 3.8) is 0 Å². The van der Waals surface area contributed by atoms with Crippen LogP contribution >= 0.6 is 11.6 Å². The summed E-state index contributed by atoms with van der Waals surface area (Å²) in [6.45, 7) is 0.545. The van der Waals surface area contributed by atoms with Gasteiger partial charge in [0.1, 0.15) is 0 Å². The van der Waals surface area contributed by atoms with E-state index < -0.39 is 0 Å². The van der Waals surface area contributed by atoms with Crippen molar-refractivity contribution in [2.45, 2.75) is 6.04 Å². The molecule has 1 atom stereocenters. The van der Waals surface area contributed by atoms with Crippen LogP contribution in [0.15, 0.2) is 0 Å². The van der Waals surface area contributed by atoms with E-state index in [1.807, 2.05) is 0 Å². The quantitative estimate of drug-likeness (QED) is 0.545. The normalized spacial score (nSPS) is 14.1. The van der Waals surface area contributed by atoms with Crippen LogP contribution in [0.4, 0.5) is 0 Å². The second-order valence-corrected chi connectivity index (χ2v) is 1.68. The maximum absolute atomic E-state index is 5.33. The van der Waals surface area contributed by atoms with Crippen LogP contribution in [0.25, 0.3) is 0 Å². The maximum Gasteiger partial charge on any atom is 0.0625 e. The molecule has 7 heavy (non-hydrogen) atoms. The molecule has 44 valence electrons. The van der Waals surface area contributed by atoms with Crippen molar-refractivity contribution in [3.05, 3.63) is 0 Å². The van der Waals surface area contributed by atoms with Gasteiger partial charge in [0, 0.05) is 19.0 Å². The third kappa shape index (κ3) is 4.05. The Hall–Kier alpha value is 0.210. The lowest BCUT2D eigenvalue weighted by Gasteiger charge is -2.02. The Labute approximate surface area is 48.6 Å². The minimum absolute atomic E-state index is 0.00772. The van der Waals surface area contributed by atoms with Crippen molar-refractivity contribution >= 4 is 11.6 Å². The highest BCUT2D eigenvalue weighted by molar-refractivity contribution is 6.18. The molecule has 0 amide bonds. The van der Waals surface area contributed by atoms with Crippen molar-refractivity contribution in [2.75, 3.05) is 19.6 Å². The van der Waals surface area contributed by atoms with Crippen LogP contribution in [-0.2, 0) is 4.74 Å². The molecule has 0 bridgehead atoms. The number of hydrogen-bond donors (Lipinski definition) is 1. The third-order valence-corrected chi connectivity index (χ3v) is 0.975. The largest absolute Gasteiger partial charge is 0.383 e. The van der Waals surface area contributed by atoms with Crippen LogP contribution < -0.4 is 5.73 Å². The van der Waals surface area contributed by atoms with Gasteiger partial charge < -0.3 is 10.5 Å². The number of hydrogen-bond acceptors (Lipinski definition) is 2. The first-order chi connectivity index (χ1) is 3.31. The van der Waals surface area contributed by atoms with Gasteiger partial charge in [0.05, 0.1) is 6.61 Å². The number of nitrogens with two attached hydrogens (primary N) is 1. The van der Waals surface area contributed by atoms with Gasteiger partial charge in [-0.3, -0.25) is 0 Å². The van der Waals surface area contributed by atoms with E-state index in [0.717, 1.165) is 0 Å². The van der Waals surface area contributed by atoms with Crippen molar-refractivity contribution in [1.82, 2.24) is 0 Å². The standard InChI is InChI=1S/C4H10ClNO/c1-7-3-4(6)2-5/h4H,2-3,6H2,1H3. The van der Waals surface area contributed by atoms with Crippen molar-refractivity contribution in [3.8, 4) is 0 Å². The van der Waals surface area contributed by atoms with Crippen LogP contribution in [0.2, 0.25) is 0 Å². The minimum Gasteiger partial charge on any atom is -0.383 e. The number of ether oxygens (including phenoxy) is 1. The lowest BCUT2D eigenvalue weighted by molar-refractivity contribution is 0.186. The number of methoxy groups -OCH3 is 1.